The van der Waals surface area contributed by atoms with E-state index in [0.29, 0.717) is 12.2 Å². The van der Waals surface area contributed by atoms with Crippen molar-refractivity contribution in [3.05, 3.63) is 59.7 Å². The first-order valence-electron chi connectivity index (χ1n) is 8.80. The third-order valence-electron chi connectivity index (χ3n) is 4.02. The van der Waals surface area contributed by atoms with Gasteiger partial charge in [0.25, 0.3) is 5.24 Å². The largest absolute Gasteiger partial charge is 0.497 e. The number of carbonyl (C=O) groups excluding carboxylic acids is 2. The molecular weight excluding hydrogens is 450 g/mol. The summed E-state index contributed by atoms with van der Waals surface area (Å²) in [4.78, 5) is 22.8. The molecule has 2 atom stereocenters. The van der Waals surface area contributed by atoms with E-state index in [1.54, 1.807) is 43.5 Å². The highest BCUT2D eigenvalue weighted by Crippen LogP contribution is 2.24. The normalized spacial score (nSPS) is 16.7. The van der Waals surface area contributed by atoms with Gasteiger partial charge in [0.2, 0.25) is 5.91 Å². The molecule has 168 valence electrons. The minimum Gasteiger partial charge on any atom is -0.497 e. The second kappa shape index (κ2) is 11.1. The molecule has 3 rings (SSSR count). The standard InChI is InChI=1S/C19H19NO5S.H2O4S/c1-24-14-8-4-13(5-9-14)16(21)11-25-15-6-2-12(3-7-15)10-17-18(22)20-19(23)26-17;1-5(2,3)4/h2-9,16-17,21H,10-11H2,1H3,(H,20,22,23);(H2,1,2,3,4)/t16-,17?;/m0./s1. The zero-order chi connectivity index (χ0) is 23.0. The van der Waals surface area contributed by atoms with E-state index in [1.165, 1.54) is 0 Å². The lowest BCUT2D eigenvalue weighted by Gasteiger charge is -2.13. The third kappa shape index (κ3) is 8.94. The summed E-state index contributed by atoms with van der Waals surface area (Å²) in [5.74, 6) is 1.11. The SMILES string of the molecule is COc1ccc([C@@H](O)COc2ccc(CC3SC(=O)NC3=O)cc2)cc1.O=S(=O)(O)O. The van der Waals surface area contributed by atoms with Crippen molar-refractivity contribution in [1.82, 2.24) is 5.32 Å². The molecule has 0 bridgehead atoms. The first-order valence-corrected chi connectivity index (χ1v) is 11.1. The fourth-order valence-corrected chi connectivity index (χ4v) is 3.42. The number of rotatable bonds is 7. The minimum atomic E-state index is -4.67. The van der Waals surface area contributed by atoms with E-state index in [4.69, 9.17) is 27.0 Å². The van der Waals surface area contributed by atoms with E-state index < -0.39 is 16.5 Å². The number of benzene rings is 2. The molecule has 4 N–H and O–H groups in total. The number of amides is 2. The van der Waals surface area contributed by atoms with E-state index in [9.17, 15) is 14.7 Å². The van der Waals surface area contributed by atoms with Gasteiger partial charge in [-0.15, -0.1) is 0 Å². The highest BCUT2D eigenvalue weighted by Gasteiger charge is 2.31. The van der Waals surface area contributed by atoms with Crippen molar-refractivity contribution < 1.29 is 41.7 Å². The van der Waals surface area contributed by atoms with E-state index in [1.807, 2.05) is 12.1 Å². The number of aliphatic hydroxyl groups excluding tert-OH is 1. The molecule has 1 unspecified atom stereocenters. The lowest BCUT2D eigenvalue weighted by Crippen LogP contribution is -2.25. The Labute approximate surface area is 183 Å². The maximum atomic E-state index is 11.6. The Morgan fingerprint density at radius 1 is 1.03 bits per heavy atom. The quantitative estimate of drug-likeness (QED) is 0.440. The van der Waals surface area contributed by atoms with Gasteiger partial charge in [-0.05, 0) is 41.8 Å². The van der Waals surface area contributed by atoms with Crippen LogP contribution in [0.15, 0.2) is 48.5 Å². The summed E-state index contributed by atoms with van der Waals surface area (Å²) in [6.45, 7) is 0.126. The average Bonchev–Trinajstić information content (AvgIpc) is 3.02. The Morgan fingerprint density at radius 3 is 2.06 bits per heavy atom. The summed E-state index contributed by atoms with van der Waals surface area (Å²) in [5, 5.41) is 11.8. The molecule has 2 amide bonds. The van der Waals surface area contributed by atoms with E-state index in [0.717, 1.165) is 28.6 Å². The molecule has 12 heteroatoms. The van der Waals surface area contributed by atoms with Crippen LogP contribution in [0.25, 0.3) is 0 Å². The number of hydrogen-bond acceptors (Lipinski definition) is 8. The van der Waals surface area contributed by atoms with Gasteiger partial charge < -0.3 is 14.6 Å². The smallest absolute Gasteiger partial charge is 0.394 e. The zero-order valence-corrected chi connectivity index (χ0v) is 17.9. The molecule has 1 heterocycles. The first-order chi connectivity index (χ1) is 14.5. The highest BCUT2D eigenvalue weighted by atomic mass is 32.3. The Hall–Kier alpha value is -2.64. The van der Waals surface area contributed by atoms with Crippen molar-refractivity contribution in [2.24, 2.45) is 0 Å². The lowest BCUT2D eigenvalue weighted by molar-refractivity contribution is -0.118. The van der Waals surface area contributed by atoms with Crippen LogP contribution in [0.2, 0.25) is 0 Å². The molecule has 31 heavy (non-hydrogen) atoms. The number of thioether (sulfide) groups is 1. The molecule has 1 fully saturated rings. The third-order valence-corrected chi connectivity index (χ3v) is 5.00. The Kier molecular flexibility index (Phi) is 8.83. The molecule has 0 saturated carbocycles. The fourth-order valence-electron chi connectivity index (χ4n) is 2.56. The van der Waals surface area contributed by atoms with E-state index >= 15 is 0 Å². The molecular formula is C19H21NO9S2. The highest BCUT2D eigenvalue weighted by molar-refractivity contribution is 8.15. The Bertz CT molecular complexity index is 984. The van der Waals surface area contributed by atoms with Gasteiger partial charge in [-0.25, -0.2) is 0 Å². The van der Waals surface area contributed by atoms with Gasteiger partial charge >= 0.3 is 10.4 Å². The summed E-state index contributed by atoms with van der Waals surface area (Å²) in [6, 6.07) is 14.4. The van der Waals surface area contributed by atoms with Gasteiger partial charge in [-0.2, -0.15) is 8.42 Å². The maximum Gasteiger partial charge on any atom is 0.394 e. The van der Waals surface area contributed by atoms with Crippen molar-refractivity contribution in [2.45, 2.75) is 17.8 Å². The van der Waals surface area contributed by atoms with Crippen LogP contribution >= 0.6 is 11.8 Å². The van der Waals surface area contributed by atoms with Crippen LogP contribution in [0.5, 0.6) is 11.5 Å². The lowest BCUT2D eigenvalue weighted by atomic mass is 10.1. The number of hydrogen-bond donors (Lipinski definition) is 4. The van der Waals surface area contributed by atoms with Gasteiger partial charge in [0.05, 0.1) is 12.4 Å². The summed E-state index contributed by atoms with van der Waals surface area (Å²) < 4.78 is 42.3. The van der Waals surface area contributed by atoms with Gasteiger partial charge in [0.1, 0.15) is 24.2 Å². The predicted molar refractivity (Wildman–Crippen MR) is 113 cm³/mol. The number of methoxy groups -OCH3 is 1. The number of ether oxygens (including phenoxy) is 2. The van der Waals surface area contributed by atoms with Gasteiger partial charge in [0, 0.05) is 0 Å². The van der Waals surface area contributed by atoms with Crippen molar-refractivity contribution in [2.75, 3.05) is 13.7 Å². The number of nitrogens with one attached hydrogen (secondary N) is 1. The molecule has 1 saturated heterocycles. The van der Waals surface area contributed by atoms with Crippen LogP contribution in [0, 0.1) is 0 Å². The van der Waals surface area contributed by atoms with E-state index in [2.05, 4.69) is 5.32 Å². The predicted octanol–water partition coefficient (Wildman–Crippen LogP) is 2.05. The van der Waals surface area contributed by atoms with Crippen LogP contribution in [0.1, 0.15) is 17.2 Å². The monoisotopic (exact) mass is 471 g/mol. The summed E-state index contributed by atoms with van der Waals surface area (Å²) in [7, 11) is -3.08. The zero-order valence-electron chi connectivity index (χ0n) is 16.3. The van der Waals surface area contributed by atoms with Gasteiger partial charge in [-0.1, -0.05) is 36.0 Å². The van der Waals surface area contributed by atoms with Gasteiger partial charge in [0.15, 0.2) is 0 Å². The van der Waals surface area contributed by atoms with Crippen LogP contribution in [0.4, 0.5) is 4.79 Å². The number of aliphatic hydroxyl groups is 1. The van der Waals surface area contributed by atoms with Gasteiger partial charge in [-0.3, -0.25) is 24.0 Å². The molecule has 0 spiro atoms. The van der Waals surface area contributed by atoms with Crippen LogP contribution < -0.4 is 14.8 Å². The maximum absolute atomic E-state index is 11.6. The number of imide groups is 1. The Morgan fingerprint density at radius 2 is 1.58 bits per heavy atom. The Balaban J connectivity index is 0.000000614. The van der Waals surface area contributed by atoms with Crippen molar-refractivity contribution >= 4 is 33.3 Å². The molecule has 2 aromatic rings. The molecule has 1 aliphatic rings. The van der Waals surface area contributed by atoms with Crippen molar-refractivity contribution in [1.29, 1.82) is 0 Å². The average molecular weight is 472 g/mol. The molecule has 0 radical (unpaired) electrons. The molecule has 1 aliphatic heterocycles. The summed E-state index contributed by atoms with van der Waals surface area (Å²) in [5.41, 5.74) is 1.69. The fraction of sp³-hybridized carbons (Fsp3) is 0.263. The second-order valence-corrected chi connectivity index (χ2v) is 8.35. The second-order valence-electron chi connectivity index (χ2n) is 6.28. The first kappa shape index (κ1) is 24.6. The van der Waals surface area contributed by atoms with Crippen LogP contribution in [0.3, 0.4) is 0 Å². The molecule has 2 aromatic carbocycles. The molecule has 0 aromatic heterocycles. The summed E-state index contributed by atoms with van der Waals surface area (Å²) in [6.07, 6.45) is -0.262. The molecule has 10 nitrogen and oxygen atoms in total. The molecule has 0 aliphatic carbocycles. The minimum absolute atomic E-state index is 0.126. The topological polar surface area (TPSA) is 159 Å². The summed E-state index contributed by atoms with van der Waals surface area (Å²) >= 11 is 1.01. The van der Waals surface area contributed by atoms with Crippen molar-refractivity contribution in [3.8, 4) is 11.5 Å². The van der Waals surface area contributed by atoms with Crippen LogP contribution in [-0.2, 0) is 21.6 Å². The van der Waals surface area contributed by atoms with Crippen molar-refractivity contribution in [3.63, 3.8) is 0 Å². The van der Waals surface area contributed by atoms with Crippen LogP contribution in [-0.4, -0.2) is 52.7 Å². The number of carbonyl (C=O) groups is 2. The van der Waals surface area contributed by atoms with E-state index in [-0.39, 0.29) is 23.0 Å².